The molecule has 0 spiro atoms. The van der Waals surface area contributed by atoms with Gasteiger partial charge in [0, 0.05) is 32.3 Å². The largest absolute Gasteiger partial charge is 0.408 e. The lowest BCUT2D eigenvalue weighted by atomic mass is 9.91. The van der Waals surface area contributed by atoms with Gasteiger partial charge in [-0.05, 0) is 20.3 Å². The van der Waals surface area contributed by atoms with Crippen molar-refractivity contribution in [3.05, 3.63) is 56.3 Å². The van der Waals surface area contributed by atoms with Crippen LogP contribution in [0.25, 0.3) is 77.0 Å². The molecule has 4 heterocycles. The number of nitrogen functional groups attached to an aromatic ring is 1. The molecule has 0 bridgehead atoms. The van der Waals surface area contributed by atoms with Gasteiger partial charge in [0.1, 0.15) is 11.0 Å². The fourth-order valence-electron chi connectivity index (χ4n) is 5.20. The summed E-state index contributed by atoms with van der Waals surface area (Å²) in [6, 6.07) is 11.1. The molecule has 4 aromatic carbocycles. The first-order chi connectivity index (χ1) is 19.5. The number of nitro groups is 1. The number of nitrogens with two attached hydrogens (primary N) is 1. The van der Waals surface area contributed by atoms with E-state index in [1.54, 1.807) is 6.07 Å². The molecule has 0 aliphatic carbocycles. The Morgan fingerprint density at radius 2 is 0.975 bits per heavy atom. The van der Waals surface area contributed by atoms with Crippen LogP contribution in [-0.4, -0.2) is 44.8 Å². The molecule has 16 nitrogen and oxygen atoms in total. The predicted octanol–water partition coefficient (Wildman–Crippen LogP) is 4.64. The summed E-state index contributed by atoms with van der Waals surface area (Å²) < 4.78 is 0. The average molecular weight is 528 g/mol. The lowest BCUT2D eigenvalue weighted by Crippen LogP contribution is -2.04. The Kier molecular flexibility index (Phi) is 4.01. The monoisotopic (exact) mass is 528 g/mol. The molecule has 0 saturated heterocycles. The number of rotatable bonds is 3. The van der Waals surface area contributed by atoms with E-state index in [4.69, 9.17) is 5.73 Å². The van der Waals surface area contributed by atoms with Crippen LogP contribution in [0.5, 0.6) is 0 Å². The lowest BCUT2D eigenvalue weighted by Gasteiger charge is -2.15. The van der Waals surface area contributed by atoms with Crippen LogP contribution in [0.15, 0.2) is 46.8 Å². The van der Waals surface area contributed by atoms with Crippen molar-refractivity contribution in [1.82, 2.24) is 39.9 Å². The number of nitrogens with zero attached hydrogens (tertiary/aromatic N) is 11. The average Bonchev–Trinajstić information content (AvgIpc) is 2.97. The van der Waals surface area contributed by atoms with Gasteiger partial charge in [-0.15, -0.1) is 9.81 Å². The first-order valence-electron chi connectivity index (χ1n) is 11.5. The number of fused-ring (bicyclic) bond motifs is 8. The predicted molar refractivity (Wildman–Crippen MR) is 145 cm³/mol. The van der Waals surface area contributed by atoms with E-state index in [2.05, 4.69) is 50.2 Å². The van der Waals surface area contributed by atoms with Crippen LogP contribution in [0.1, 0.15) is 0 Å². The number of anilines is 1. The SMILES string of the molecule is Nc1nc2nc3c4cccc5c6nc7nc(N=O)c(N=O)nc7nc6c6cccc(c3nc2nc1[N+](=O)[O-])c6c45. The molecule has 0 fully saturated rings. The maximum absolute atomic E-state index is 11.4. The molecule has 188 valence electrons. The second-order valence-corrected chi connectivity index (χ2v) is 8.84. The summed E-state index contributed by atoms with van der Waals surface area (Å²) in [4.78, 5) is 67.9. The van der Waals surface area contributed by atoms with Crippen molar-refractivity contribution >= 4 is 100 Å². The number of hydrogen-bond donors (Lipinski definition) is 1. The van der Waals surface area contributed by atoms with Crippen molar-refractivity contribution in [2.75, 3.05) is 5.73 Å². The van der Waals surface area contributed by atoms with Gasteiger partial charge < -0.3 is 15.8 Å². The van der Waals surface area contributed by atoms with E-state index in [-0.39, 0.29) is 28.4 Å². The summed E-state index contributed by atoms with van der Waals surface area (Å²) in [7, 11) is 0. The summed E-state index contributed by atoms with van der Waals surface area (Å²) in [5.74, 6) is -1.95. The van der Waals surface area contributed by atoms with Gasteiger partial charge in [0.05, 0.1) is 11.0 Å². The molecule has 0 radical (unpaired) electrons. The van der Waals surface area contributed by atoms with Gasteiger partial charge in [0.25, 0.3) is 0 Å². The highest BCUT2D eigenvalue weighted by molar-refractivity contribution is 6.38. The fraction of sp³-hybridized carbons (Fsp3) is 0. The molecule has 4 aromatic heterocycles. The highest BCUT2D eigenvalue weighted by Crippen LogP contribution is 2.43. The third-order valence-corrected chi connectivity index (χ3v) is 6.76. The lowest BCUT2D eigenvalue weighted by molar-refractivity contribution is -0.388. The van der Waals surface area contributed by atoms with Crippen molar-refractivity contribution in [1.29, 1.82) is 0 Å². The Labute approximate surface area is 217 Å². The minimum absolute atomic E-state index is 0.0140. The minimum atomic E-state index is -0.725. The van der Waals surface area contributed by atoms with Crippen molar-refractivity contribution in [3.8, 4) is 0 Å². The summed E-state index contributed by atoms with van der Waals surface area (Å²) in [6.07, 6.45) is 0. The highest BCUT2D eigenvalue weighted by atomic mass is 16.6. The van der Waals surface area contributed by atoms with Crippen molar-refractivity contribution in [2.45, 2.75) is 0 Å². The topological polar surface area (TPSA) is 231 Å². The second-order valence-electron chi connectivity index (χ2n) is 8.84. The zero-order valence-electron chi connectivity index (χ0n) is 19.6. The maximum atomic E-state index is 11.4. The van der Waals surface area contributed by atoms with Crippen LogP contribution in [0.3, 0.4) is 0 Å². The van der Waals surface area contributed by atoms with Crippen LogP contribution in [-0.2, 0) is 0 Å². The second kappa shape index (κ2) is 7.38. The Balaban J connectivity index is 1.61. The Bertz CT molecular complexity index is 2480. The Hall–Kier alpha value is -6.32. The Morgan fingerprint density at radius 3 is 1.35 bits per heavy atom. The normalized spacial score (nSPS) is 12.0. The molecule has 2 N–H and O–H groups in total. The van der Waals surface area contributed by atoms with Crippen LogP contribution < -0.4 is 5.73 Å². The molecule has 0 atom stereocenters. The molecular formula is C24H8N12O4. The molecule has 0 aliphatic rings. The van der Waals surface area contributed by atoms with Gasteiger partial charge in [-0.25, -0.2) is 15.0 Å². The van der Waals surface area contributed by atoms with E-state index >= 15 is 0 Å². The van der Waals surface area contributed by atoms with E-state index in [9.17, 15) is 19.9 Å². The summed E-state index contributed by atoms with van der Waals surface area (Å²) in [6.45, 7) is 0. The van der Waals surface area contributed by atoms with Gasteiger partial charge in [0.15, 0.2) is 0 Å². The zero-order chi connectivity index (χ0) is 27.3. The van der Waals surface area contributed by atoms with E-state index in [0.717, 1.165) is 16.2 Å². The molecule has 0 saturated carbocycles. The number of hydrogen-bond acceptors (Lipinski definition) is 15. The molecule has 8 rings (SSSR count). The van der Waals surface area contributed by atoms with Gasteiger partial charge in [0.2, 0.25) is 34.4 Å². The van der Waals surface area contributed by atoms with Crippen LogP contribution in [0.2, 0.25) is 0 Å². The van der Waals surface area contributed by atoms with Gasteiger partial charge >= 0.3 is 11.5 Å². The standard InChI is InChI=1S/C24H8N12O4/c25-17-24(36(39)40)33-21-18(30-17)26-13-7-3-1-4-8-11(7)12-9(5-2-6-10(12)16(13)29-21)15-14(8)27-19-20(28-15)32-23(35-38)22(31-19)34-37/h1-6H,(H2,25,26,30). The van der Waals surface area contributed by atoms with Crippen LogP contribution in [0.4, 0.5) is 23.3 Å². The van der Waals surface area contributed by atoms with Crippen LogP contribution >= 0.6 is 0 Å². The minimum Gasteiger partial charge on any atom is -0.377 e. The van der Waals surface area contributed by atoms with Crippen LogP contribution in [0, 0.1) is 19.9 Å². The van der Waals surface area contributed by atoms with E-state index < -0.39 is 22.4 Å². The number of nitroso groups, excluding NO2 is 2. The van der Waals surface area contributed by atoms with E-state index in [1.807, 2.05) is 30.3 Å². The third-order valence-electron chi connectivity index (χ3n) is 6.76. The molecule has 0 amide bonds. The summed E-state index contributed by atoms with van der Waals surface area (Å²) >= 11 is 0. The zero-order valence-corrected chi connectivity index (χ0v) is 19.6. The Morgan fingerprint density at radius 1 is 0.600 bits per heavy atom. The van der Waals surface area contributed by atoms with E-state index in [1.165, 1.54) is 0 Å². The molecule has 0 aliphatic heterocycles. The molecule has 8 aromatic rings. The van der Waals surface area contributed by atoms with Crippen molar-refractivity contribution < 1.29 is 4.92 Å². The fourth-order valence-corrected chi connectivity index (χ4v) is 5.20. The van der Waals surface area contributed by atoms with E-state index in [0.29, 0.717) is 38.2 Å². The third kappa shape index (κ3) is 2.67. The molecular weight excluding hydrogens is 520 g/mol. The van der Waals surface area contributed by atoms with Gasteiger partial charge in [-0.2, -0.15) is 19.9 Å². The summed E-state index contributed by atoms with van der Waals surface area (Å²) in [5.41, 5.74) is 7.72. The smallest absolute Gasteiger partial charge is 0.377 e. The maximum Gasteiger partial charge on any atom is 0.408 e. The van der Waals surface area contributed by atoms with Crippen molar-refractivity contribution in [3.63, 3.8) is 0 Å². The number of aromatic nitrogens is 8. The molecule has 0 unspecified atom stereocenters. The molecule has 40 heavy (non-hydrogen) atoms. The number of benzene rings is 4. The first kappa shape index (κ1) is 21.7. The summed E-state index contributed by atoms with van der Waals surface area (Å²) in [5, 5.41) is 21.3. The quantitative estimate of drug-likeness (QED) is 0.108. The van der Waals surface area contributed by atoms with Gasteiger partial charge in [-0.1, -0.05) is 36.4 Å². The molecule has 16 heteroatoms. The van der Waals surface area contributed by atoms with Crippen molar-refractivity contribution in [2.24, 2.45) is 10.4 Å². The highest BCUT2D eigenvalue weighted by Gasteiger charge is 2.24. The first-order valence-corrected chi connectivity index (χ1v) is 11.5. The van der Waals surface area contributed by atoms with Gasteiger partial charge in [-0.3, -0.25) is 0 Å².